The number of hydrogen-bond acceptors (Lipinski definition) is 3. The third-order valence-corrected chi connectivity index (χ3v) is 4.87. The highest BCUT2D eigenvalue weighted by atomic mass is 15.3. The average molecular weight is 336 g/mol. The molecule has 0 fully saturated rings. The van der Waals surface area contributed by atoms with Crippen molar-refractivity contribution in [2.24, 2.45) is 10.7 Å². The molecule has 1 unspecified atom stereocenters. The number of unbranched alkanes of at least 4 members (excludes halogenated alkanes) is 10. The Morgan fingerprint density at radius 2 is 1.54 bits per heavy atom. The van der Waals surface area contributed by atoms with Gasteiger partial charge in [-0.3, -0.25) is 4.99 Å². The molecule has 1 aliphatic rings. The minimum atomic E-state index is 0.115. The summed E-state index contributed by atoms with van der Waals surface area (Å²) in [6.07, 6.45) is 22.2. The standard InChI is InChI=1S/C21H41N3/c1-3-4-5-6-7-8-9-10-11-12-13-14-15-16-17-21-23-18-19-24(21)20(2)22/h9-10,20H,3-8,11-19,22H2,1-2H3/b10-9+. The van der Waals surface area contributed by atoms with Gasteiger partial charge in [-0.2, -0.15) is 0 Å². The Morgan fingerprint density at radius 3 is 2.17 bits per heavy atom. The molecule has 0 spiro atoms. The molecule has 3 nitrogen and oxygen atoms in total. The molecule has 0 radical (unpaired) electrons. The number of nitrogens with zero attached hydrogens (tertiary/aromatic N) is 2. The quantitative estimate of drug-likeness (QED) is 0.310. The SMILES string of the molecule is CCCCCCC/C=C/CCCCCCCC1=NCCN1C(C)N. The first-order valence-electron chi connectivity index (χ1n) is 10.5. The summed E-state index contributed by atoms with van der Waals surface area (Å²) < 4.78 is 0. The molecule has 1 heterocycles. The van der Waals surface area contributed by atoms with Crippen LogP contribution in [0.1, 0.15) is 97.3 Å². The van der Waals surface area contributed by atoms with E-state index in [1.165, 1.54) is 82.9 Å². The molecular formula is C21H41N3. The zero-order valence-electron chi connectivity index (χ0n) is 16.3. The van der Waals surface area contributed by atoms with Crippen LogP contribution in [0.25, 0.3) is 0 Å². The van der Waals surface area contributed by atoms with E-state index in [-0.39, 0.29) is 6.17 Å². The number of amidine groups is 1. The molecule has 0 saturated carbocycles. The predicted octanol–water partition coefficient (Wildman–Crippen LogP) is 5.65. The maximum atomic E-state index is 5.98. The van der Waals surface area contributed by atoms with Gasteiger partial charge in [-0.05, 0) is 39.0 Å². The van der Waals surface area contributed by atoms with Crippen molar-refractivity contribution in [3.8, 4) is 0 Å². The van der Waals surface area contributed by atoms with E-state index in [0.29, 0.717) is 0 Å². The summed E-state index contributed by atoms with van der Waals surface area (Å²) in [5, 5.41) is 0. The molecule has 0 saturated heterocycles. The normalized spacial score (nSPS) is 16.1. The molecule has 0 aromatic carbocycles. The lowest BCUT2D eigenvalue weighted by Crippen LogP contribution is -2.41. The van der Waals surface area contributed by atoms with E-state index in [2.05, 4.69) is 35.9 Å². The topological polar surface area (TPSA) is 41.6 Å². The zero-order valence-corrected chi connectivity index (χ0v) is 16.3. The van der Waals surface area contributed by atoms with Gasteiger partial charge in [0.05, 0.1) is 12.7 Å². The van der Waals surface area contributed by atoms with Gasteiger partial charge in [0.1, 0.15) is 5.84 Å². The summed E-state index contributed by atoms with van der Waals surface area (Å²) in [5.74, 6) is 1.24. The second-order valence-electron chi connectivity index (χ2n) is 7.21. The molecule has 0 bridgehead atoms. The summed E-state index contributed by atoms with van der Waals surface area (Å²) in [6, 6.07) is 0. The van der Waals surface area contributed by atoms with Crippen molar-refractivity contribution >= 4 is 5.84 Å². The Kier molecular flexibility index (Phi) is 12.8. The fourth-order valence-corrected chi connectivity index (χ4v) is 3.35. The Labute approximate surface area is 150 Å². The van der Waals surface area contributed by atoms with E-state index < -0.39 is 0 Å². The molecule has 140 valence electrons. The Hall–Kier alpha value is -0.830. The lowest BCUT2D eigenvalue weighted by Gasteiger charge is -2.24. The molecule has 24 heavy (non-hydrogen) atoms. The smallest absolute Gasteiger partial charge is 0.100 e. The number of nitrogens with two attached hydrogens (primary N) is 1. The van der Waals surface area contributed by atoms with Gasteiger partial charge in [0, 0.05) is 13.0 Å². The Balaban J connectivity index is 1.85. The van der Waals surface area contributed by atoms with E-state index in [0.717, 1.165) is 19.5 Å². The molecule has 0 amide bonds. The maximum Gasteiger partial charge on any atom is 0.100 e. The lowest BCUT2D eigenvalue weighted by molar-refractivity contribution is 0.358. The van der Waals surface area contributed by atoms with Gasteiger partial charge in [-0.25, -0.2) is 0 Å². The van der Waals surface area contributed by atoms with Crippen LogP contribution in [-0.4, -0.2) is 30.0 Å². The summed E-state index contributed by atoms with van der Waals surface area (Å²) in [7, 11) is 0. The van der Waals surface area contributed by atoms with Crippen LogP contribution in [0.15, 0.2) is 17.1 Å². The second kappa shape index (κ2) is 14.5. The van der Waals surface area contributed by atoms with Gasteiger partial charge in [0.25, 0.3) is 0 Å². The van der Waals surface area contributed by atoms with Crippen LogP contribution >= 0.6 is 0 Å². The van der Waals surface area contributed by atoms with Crippen LogP contribution in [0.2, 0.25) is 0 Å². The first-order chi connectivity index (χ1) is 11.8. The van der Waals surface area contributed by atoms with Crippen molar-refractivity contribution in [2.75, 3.05) is 13.1 Å². The van der Waals surface area contributed by atoms with Gasteiger partial charge in [-0.1, -0.05) is 64.0 Å². The van der Waals surface area contributed by atoms with Crippen molar-refractivity contribution in [1.29, 1.82) is 0 Å². The van der Waals surface area contributed by atoms with Crippen LogP contribution in [0.4, 0.5) is 0 Å². The molecule has 0 aliphatic carbocycles. The molecule has 2 N–H and O–H groups in total. The third kappa shape index (κ3) is 10.1. The molecule has 1 rings (SSSR count). The maximum absolute atomic E-state index is 5.98. The van der Waals surface area contributed by atoms with Crippen LogP contribution in [-0.2, 0) is 0 Å². The highest BCUT2D eigenvalue weighted by Crippen LogP contribution is 2.13. The zero-order chi connectivity index (χ0) is 17.5. The highest BCUT2D eigenvalue weighted by molar-refractivity contribution is 5.83. The van der Waals surface area contributed by atoms with Gasteiger partial charge in [-0.15, -0.1) is 0 Å². The van der Waals surface area contributed by atoms with Gasteiger partial charge < -0.3 is 10.6 Å². The first-order valence-corrected chi connectivity index (χ1v) is 10.5. The largest absolute Gasteiger partial charge is 0.343 e. The fraction of sp³-hybridized carbons (Fsp3) is 0.857. The number of aliphatic imine (C=N–C) groups is 1. The Bertz CT molecular complexity index is 347. The summed E-state index contributed by atoms with van der Waals surface area (Å²) in [5.41, 5.74) is 5.98. The van der Waals surface area contributed by atoms with Crippen LogP contribution < -0.4 is 5.73 Å². The fourth-order valence-electron chi connectivity index (χ4n) is 3.35. The third-order valence-electron chi connectivity index (χ3n) is 4.87. The van der Waals surface area contributed by atoms with Gasteiger partial charge >= 0.3 is 0 Å². The van der Waals surface area contributed by atoms with Crippen molar-refractivity contribution in [3.05, 3.63) is 12.2 Å². The number of rotatable bonds is 15. The van der Waals surface area contributed by atoms with Crippen molar-refractivity contribution < 1.29 is 0 Å². The van der Waals surface area contributed by atoms with Crippen LogP contribution in [0, 0.1) is 0 Å². The highest BCUT2D eigenvalue weighted by Gasteiger charge is 2.18. The van der Waals surface area contributed by atoms with E-state index in [1.807, 2.05) is 0 Å². The molecular weight excluding hydrogens is 294 g/mol. The van der Waals surface area contributed by atoms with Crippen molar-refractivity contribution in [2.45, 2.75) is 103 Å². The summed E-state index contributed by atoms with van der Waals surface area (Å²) >= 11 is 0. The summed E-state index contributed by atoms with van der Waals surface area (Å²) in [4.78, 5) is 6.85. The van der Waals surface area contributed by atoms with Gasteiger partial charge in [0.15, 0.2) is 0 Å². The number of hydrogen-bond donors (Lipinski definition) is 1. The van der Waals surface area contributed by atoms with Gasteiger partial charge in [0.2, 0.25) is 0 Å². The van der Waals surface area contributed by atoms with Crippen LogP contribution in [0.3, 0.4) is 0 Å². The van der Waals surface area contributed by atoms with E-state index in [9.17, 15) is 0 Å². The minimum absolute atomic E-state index is 0.115. The second-order valence-corrected chi connectivity index (χ2v) is 7.21. The summed E-state index contributed by atoms with van der Waals surface area (Å²) in [6.45, 7) is 6.28. The monoisotopic (exact) mass is 335 g/mol. The van der Waals surface area contributed by atoms with E-state index in [1.54, 1.807) is 0 Å². The molecule has 1 aliphatic heterocycles. The van der Waals surface area contributed by atoms with E-state index in [4.69, 9.17) is 5.73 Å². The van der Waals surface area contributed by atoms with Crippen molar-refractivity contribution in [1.82, 2.24) is 4.90 Å². The Morgan fingerprint density at radius 1 is 0.958 bits per heavy atom. The number of allylic oxidation sites excluding steroid dienone is 2. The molecule has 3 heteroatoms. The first kappa shape index (κ1) is 21.2. The predicted molar refractivity (Wildman–Crippen MR) is 107 cm³/mol. The molecule has 0 aromatic heterocycles. The molecule has 0 aromatic rings. The minimum Gasteiger partial charge on any atom is -0.343 e. The molecule has 1 atom stereocenters. The van der Waals surface area contributed by atoms with Crippen molar-refractivity contribution in [3.63, 3.8) is 0 Å². The van der Waals surface area contributed by atoms with E-state index >= 15 is 0 Å². The lowest BCUT2D eigenvalue weighted by atomic mass is 10.1. The average Bonchev–Trinajstić information content (AvgIpc) is 3.04. The van der Waals surface area contributed by atoms with Crippen LogP contribution in [0.5, 0.6) is 0 Å².